The van der Waals surface area contributed by atoms with Gasteiger partial charge in [-0.2, -0.15) is 0 Å². The first-order chi connectivity index (χ1) is 10.2. The van der Waals surface area contributed by atoms with E-state index in [1.165, 1.54) is 17.5 Å². The third-order valence-corrected chi connectivity index (χ3v) is 4.21. The second-order valence-corrected chi connectivity index (χ2v) is 5.57. The monoisotopic (exact) mass is 280 g/mol. The number of anilines is 1. The van der Waals surface area contributed by atoms with Crippen molar-refractivity contribution in [3.63, 3.8) is 0 Å². The molecular formula is C18H20N2O. The molecule has 0 spiro atoms. The Balaban J connectivity index is 1.83. The van der Waals surface area contributed by atoms with Crippen molar-refractivity contribution < 1.29 is 4.79 Å². The maximum Gasteiger partial charge on any atom is 0.258 e. The van der Waals surface area contributed by atoms with Crippen LogP contribution >= 0.6 is 0 Å². The lowest BCUT2D eigenvalue weighted by Gasteiger charge is -2.18. The third kappa shape index (κ3) is 2.69. The van der Waals surface area contributed by atoms with Gasteiger partial charge in [0.15, 0.2) is 0 Å². The molecule has 0 aromatic heterocycles. The van der Waals surface area contributed by atoms with Gasteiger partial charge in [-0.1, -0.05) is 18.2 Å². The van der Waals surface area contributed by atoms with Crippen LogP contribution in [0.25, 0.3) is 0 Å². The second kappa shape index (κ2) is 5.70. The van der Waals surface area contributed by atoms with Crippen LogP contribution in [-0.4, -0.2) is 13.0 Å². The molecule has 2 aromatic carbocycles. The van der Waals surface area contributed by atoms with Gasteiger partial charge >= 0.3 is 0 Å². The Morgan fingerprint density at radius 2 is 1.81 bits per heavy atom. The minimum absolute atomic E-state index is 0.0326. The van der Waals surface area contributed by atoms with Crippen LogP contribution in [0.1, 0.15) is 33.5 Å². The Kier molecular flexibility index (Phi) is 3.76. The van der Waals surface area contributed by atoms with Crippen molar-refractivity contribution in [2.75, 3.05) is 11.9 Å². The largest absolute Gasteiger partial charge is 0.326 e. The number of carbonyl (C=O) groups excluding carboxylic acids is 1. The first kappa shape index (κ1) is 13.8. The van der Waals surface area contributed by atoms with E-state index in [4.69, 9.17) is 5.73 Å². The molecule has 1 aliphatic carbocycles. The van der Waals surface area contributed by atoms with Gasteiger partial charge in [0.2, 0.25) is 0 Å². The molecule has 1 amide bonds. The van der Waals surface area contributed by atoms with E-state index >= 15 is 0 Å². The molecule has 3 heteroatoms. The van der Waals surface area contributed by atoms with Gasteiger partial charge in [0.1, 0.15) is 0 Å². The van der Waals surface area contributed by atoms with Crippen LogP contribution in [0.15, 0.2) is 42.5 Å². The zero-order chi connectivity index (χ0) is 14.8. The summed E-state index contributed by atoms with van der Waals surface area (Å²) < 4.78 is 0. The van der Waals surface area contributed by atoms with Gasteiger partial charge in [0.05, 0.1) is 0 Å². The van der Waals surface area contributed by atoms with Crippen molar-refractivity contribution >= 4 is 11.6 Å². The summed E-state index contributed by atoms with van der Waals surface area (Å²) in [6, 6.07) is 13.9. The summed E-state index contributed by atoms with van der Waals surface area (Å²) in [5.74, 6) is 0.0326. The lowest BCUT2D eigenvalue weighted by Crippen LogP contribution is -2.26. The molecule has 108 valence electrons. The molecule has 0 fully saturated rings. The quantitative estimate of drug-likeness (QED) is 0.939. The number of nitrogens with zero attached hydrogens (tertiary/aromatic N) is 1. The molecular weight excluding hydrogens is 260 g/mol. The molecule has 0 unspecified atom stereocenters. The summed E-state index contributed by atoms with van der Waals surface area (Å²) in [6.45, 7) is 0.517. The molecule has 3 nitrogen and oxygen atoms in total. The number of aryl methyl sites for hydroxylation is 2. The van der Waals surface area contributed by atoms with Gasteiger partial charge in [-0.3, -0.25) is 4.79 Å². The van der Waals surface area contributed by atoms with E-state index in [9.17, 15) is 4.79 Å². The Morgan fingerprint density at radius 1 is 1.10 bits per heavy atom. The van der Waals surface area contributed by atoms with E-state index in [1.54, 1.807) is 4.90 Å². The molecule has 21 heavy (non-hydrogen) atoms. The van der Waals surface area contributed by atoms with Crippen LogP contribution in [0.5, 0.6) is 0 Å². The topological polar surface area (TPSA) is 46.3 Å². The molecule has 0 bridgehead atoms. The number of amides is 1. The number of fused-ring (bicyclic) bond motifs is 1. The Hall–Kier alpha value is -2.13. The van der Waals surface area contributed by atoms with Crippen molar-refractivity contribution in [3.8, 4) is 0 Å². The van der Waals surface area contributed by atoms with Gasteiger partial charge in [-0.15, -0.1) is 0 Å². The number of hydrogen-bond donors (Lipinski definition) is 1. The highest BCUT2D eigenvalue weighted by atomic mass is 16.2. The smallest absolute Gasteiger partial charge is 0.258 e. The number of carbonyl (C=O) groups is 1. The maximum absolute atomic E-state index is 12.6. The first-order valence-corrected chi connectivity index (χ1v) is 7.38. The summed E-state index contributed by atoms with van der Waals surface area (Å²) in [4.78, 5) is 14.3. The summed E-state index contributed by atoms with van der Waals surface area (Å²) >= 11 is 0. The number of hydrogen-bond acceptors (Lipinski definition) is 2. The zero-order valence-electron chi connectivity index (χ0n) is 12.3. The summed E-state index contributed by atoms with van der Waals surface area (Å²) in [7, 11) is 1.81. The van der Waals surface area contributed by atoms with E-state index < -0.39 is 0 Å². The molecule has 2 aromatic rings. The van der Waals surface area contributed by atoms with Crippen LogP contribution in [0.2, 0.25) is 0 Å². The third-order valence-electron chi connectivity index (χ3n) is 4.21. The maximum atomic E-state index is 12.6. The van der Waals surface area contributed by atoms with Gasteiger partial charge in [0.25, 0.3) is 5.91 Å². The fourth-order valence-electron chi connectivity index (χ4n) is 2.87. The van der Waals surface area contributed by atoms with E-state index in [0.717, 1.165) is 29.7 Å². The minimum Gasteiger partial charge on any atom is -0.326 e. The van der Waals surface area contributed by atoms with Crippen molar-refractivity contribution in [3.05, 3.63) is 64.7 Å². The SMILES string of the molecule is CN(C(=O)c1ccc2c(c1)CCC2)c1ccc(CN)cc1. The van der Waals surface area contributed by atoms with Crippen molar-refractivity contribution in [2.24, 2.45) is 5.73 Å². The summed E-state index contributed by atoms with van der Waals surface area (Å²) in [6.07, 6.45) is 3.43. The Bertz CT molecular complexity index is 661. The lowest BCUT2D eigenvalue weighted by atomic mass is 10.1. The van der Waals surface area contributed by atoms with E-state index in [0.29, 0.717) is 6.54 Å². The normalized spacial score (nSPS) is 13.0. The molecule has 3 rings (SSSR count). The van der Waals surface area contributed by atoms with Gasteiger partial charge in [-0.05, 0) is 60.2 Å². The number of nitrogens with two attached hydrogens (primary N) is 1. The van der Waals surface area contributed by atoms with Crippen molar-refractivity contribution in [2.45, 2.75) is 25.8 Å². The number of rotatable bonds is 3. The average molecular weight is 280 g/mol. The molecule has 0 saturated carbocycles. The first-order valence-electron chi connectivity index (χ1n) is 7.38. The molecule has 0 aliphatic heterocycles. The predicted octanol–water partition coefficient (Wildman–Crippen LogP) is 2.91. The van der Waals surface area contributed by atoms with Gasteiger partial charge < -0.3 is 10.6 Å². The number of benzene rings is 2. The van der Waals surface area contributed by atoms with Crippen LogP contribution < -0.4 is 10.6 Å². The van der Waals surface area contributed by atoms with Gasteiger partial charge in [0, 0.05) is 24.8 Å². The molecule has 1 aliphatic rings. The van der Waals surface area contributed by atoms with Crippen LogP contribution in [0.4, 0.5) is 5.69 Å². The predicted molar refractivity (Wildman–Crippen MR) is 85.5 cm³/mol. The van der Waals surface area contributed by atoms with Crippen molar-refractivity contribution in [1.82, 2.24) is 0 Å². The Labute approximate surface area is 125 Å². The fraction of sp³-hybridized carbons (Fsp3) is 0.278. The molecule has 0 heterocycles. The minimum atomic E-state index is 0.0326. The van der Waals surface area contributed by atoms with E-state index in [-0.39, 0.29) is 5.91 Å². The molecule has 0 radical (unpaired) electrons. The standard InChI is InChI=1S/C18H20N2O/c1-20(17-9-5-13(12-19)6-10-17)18(21)16-8-7-14-3-2-4-15(14)11-16/h5-11H,2-4,12,19H2,1H3. The fourth-order valence-corrected chi connectivity index (χ4v) is 2.87. The highest BCUT2D eigenvalue weighted by Crippen LogP contribution is 2.24. The Morgan fingerprint density at radius 3 is 2.52 bits per heavy atom. The van der Waals surface area contributed by atoms with Crippen LogP contribution in [0, 0.1) is 0 Å². The molecule has 0 atom stereocenters. The average Bonchev–Trinajstić information content (AvgIpc) is 3.01. The van der Waals surface area contributed by atoms with Crippen LogP contribution in [0.3, 0.4) is 0 Å². The zero-order valence-corrected chi connectivity index (χ0v) is 12.3. The molecule has 0 saturated heterocycles. The summed E-state index contributed by atoms with van der Waals surface area (Å²) in [5, 5.41) is 0. The molecule has 2 N–H and O–H groups in total. The summed E-state index contributed by atoms with van der Waals surface area (Å²) in [5.41, 5.74) is 11.0. The highest BCUT2D eigenvalue weighted by molar-refractivity contribution is 6.05. The second-order valence-electron chi connectivity index (χ2n) is 5.57. The van der Waals surface area contributed by atoms with E-state index in [2.05, 4.69) is 12.1 Å². The van der Waals surface area contributed by atoms with E-state index in [1.807, 2.05) is 37.4 Å². The van der Waals surface area contributed by atoms with Crippen LogP contribution in [-0.2, 0) is 19.4 Å². The lowest BCUT2D eigenvalue weighted by molar-refractivity contribution is 0.0993. The van der Waals surface area contributed by atoms with Gasteiger partial charge in [-0.25, -0.2) is 0 Å². The highest BCUT2D eigenvalue weighted by Gasteiger charge is 2.17. The van der Waals surface area contributed by atoms with Crippen molar-refractivity contribution in [1.29, 1.82) is 0 Å².